The van der Waals surface area contributed by atoms with Gasteiger partial charge in [-0.25, -0.2) is 13.1 Å². The van der Waals surface area contributed by atoms with Gasteiger partial charge in [0, 0.05) is 12.6 Å². The zero-order valence-electron chi connectivity index (χ0n) is 13.2. The first-order valence-electron chi connectivity index (χ1n) is 7.23. The molecule has 1 atom stereocenters. The van der Waals surface area contributed by atoms with Crippen molar-refractivity contribution >= 4 is 10.0 Å². The molecule has 5 nitrogen and oxygen atoms in total. The first kappa shape index (κ1) is 19.1. The number of alkyl halides is 3. The maximum absolute atomic E-state index is 12.2. The number of ether oxygens (including phenoxy) is 2. The van der Waals surface area contributed by atoms with E-state index in [1.807, 2.05) is 6.07 Å². The molecule has 0 radical (unpaired) electrons. The molecule has 0 aromatic heterocycles. The van der Waals surface area contributed by atoms with Gasteiger partial charge in [0.2, 0.25) is 10.0 Å². The van der Waals surface area contributed by atoms with E-state index >= 15 is 0 Å². The van der Waals surface area contributed by atoms with Gasteiger partial charge < -0.3 is 9.47 Å². The number of para-hydroxylation sites is 1. The fourth-order valence-electron chi connectivity index (χ4n) is 1.92. The number of nitrogens with one attached hydrogen (secondary N) is 1. The molecule has 9 heteroatoms. The zero-order chi connectivity index (χ0) is 18.5. The van der Waals surface area contributed by atoms with Gasteiger partial charge in [0.15, 0.2) is 0 Å². The average molecular weight is 375 g/mol. The molecule has 0 aliphatic heterocycles. The van der Waals surface area contributed by atoms with Gasteiger partial charge in [-0.05, 0) is 31.2 Å². The fraction of sp³-hybridized carbons (Fsp3) is 0.250. The van der Waals surface area contributed by atoms with E-state index in [4.69, 9.17) is 4.74 Å². The minimum Gasteiger partial charge on any atom is -0.489 e. The number of benzene rings is 2. The Kier molecular flexibility index (Phi) is 5.91. The molecule has 1 N–H and O–H groups in total. The minimum absolute atomic E-state index is 0.0540. The van der Waals surface area contributed by atoms with Crippen molar-refractivity contribution in [1.29, 1.82) is 0 Å². The molecule has 2 rings (SSSR count). The number of rotatable bonds is 7. The maximum atomic E-state index is 12.2. The van der Waals surface area contributed by atoms with Crippen molar-refractivity contribution < 1.29 is 31.1 Å². The summed E-state index contributed by atoms with van der Waals surface area (Å²) in [5.74, 6) is -0.0290. The van der Waals surface area contributed by atoms with Crippen molar-refractivity contribution in [2.45, 2.75) is 24.3 Å². The van der Waals surface area contributed by atoms with E-state index in [0.29, 0.717) is 5.75 Å². The third-order valence-electron chi connectivity index (χ3n) is 2.99. The van der Waals surface area contributed by atoms with Crippen molar-refractivity contribution in [1.82, 2.24) is 4.72 Å². The molecular weight excluding hydrogens is 359 g/mol. The van der Waals surface area contributed by atoms with Crippen LogP contribution in [-0.2, 0) is 10.0 Å². The van der Waals surface area contributed by atoms with Gasteiger partial charge in [-0.3, -0.25) is 0 Å². The SMILES string of the molecule is CC(CNS(=O)(=O)c1cccc(OC(F)(F)F)c1)Oc1ccccc1. The van der Waals surface area contributed by atoms with Gasteiger partial charge in [-0.2, -0.15) is 0 Å². The van der Waals surface area contributed by atoms with E-state index < -0.39 is 28.2 Å². The van der Waals surface area contributed by atoms with Crippen molar-refractivity contribution in [3.05, 3.63) is 54.6 Å². The Labute approximate surface area is 143 Å². The Hall–Kier alpha value is -2.26. The van der Waals surface area contributed by atoms with Gasteiger partial charge in [0.25, 0.3) is 0 Å². The second-order valence-corrected chi connectivity index (χ2v) is 6.88. The first-order chi connectivity index (χ1) is 11.7. The van der Waals surface area contributed by atoms with E-state index in [1.165, 1.54) is 12.1 Å². The Morgan fingerprint density at radius 1 is 1.04 bits per heavy atom. The van der Waals surface area contributed by atoms with Crippen LogP contribution in [0, 0.1) is 0 Å². The highest BCUT2D eigenvalue weighted by Gasteiger charge is 2.31. The van der Waals surface area contributed by atoms with Crippen molar-refractivity contribution in [2.75, 3.05) is 6.54 Å². The van der Waals surface area contributed by atoms with E-state index in [1.54, 1.807) is 31.2 Å². The standard InChI is InChI=1S/C16H16F3NO4S/c1-12(23-13-6-3-2-4-7-13)11-20-25(21,22)15-9-5-8-14(10-15)24-16(17,18)19/h2-10,12,20H,11H2,1H3. The Bertz CT molecular complexity index is 795. The molecule has 0 aliphatic rings. The molecule has 0 heterocycles. The maximum Gasteiger partial charge on any atom is 0.573 e. The quantitative estimate of drug-likeness (QED) is 0.806. The van der Waals surface area contributed by atoms with Crippen LogP contribution in [0.25, 0.3) is 0 Å². The lowest BCUT2D eigenvalue weighted by molar-refractivity contribution is -0.274. The number of hydrogen-bond acceptors (Lipinski definition) is 4. The third-order valence-corrected chi connectivity index (χ3v) is 4.41. The van der Waals surface area contributed by atoms with Gasteiger partial charge in [0.1, 0.15) is 17.6 Å². The molecular formula is C16H16F3NO4S. The van der Waals surface area contributed by atoms with Crippen LogP contribution >= 0.6 is 0 Å². The van der Waals surface area contributed by atoms with Crippen LogP contribution in [0.3, 0.4) is 0 Å². The summed E-state index contributed by atoms with van der Waals surface area (Å²) >= 11 is 0. The lowest BCUT2D eigenvalue weighted by atomic mass is 10.3. The topological polar surface area (TPSA) is 64.6 Å². The van der Waals surface area contributed by atoms with Gasteiger partial charge >= 0.3 is 6.36 Å². The Morgan fingerprint density at radius 2 is 1.68 bits per heavy atom. The van der Waals surface area contributed by atoms with E-state index in [0.717, 1.165) is 12.1 Å². The third kappa shape index (κ3) is 6.28. The lowest BCUT2D eigenvalue weighted by Gasteiger charge is -2.16. The summed E-state index contributed by atoms with van der Waals surface area (Å²) in [6.07, 6.45) is -5.37. The summed E-state index contributed by atoms with van der Waals surface area (Å²) in [7, 11) is -4.00. The summed E-state index contributed by atoms with van der Waals surface area (Å²) in [4.78, 5) is -0.332. The second kappa shape index (κ2) is 7.75. The molecule has 0 saturated heterocycles. The second-order valence-electron chi connectivity index (χ2n) is 5.12. The fourth-order valence-corrected chi connectivity index (χ4v) is 3.07. The predicted octanol–water partition coefficient (Wildman–Crippen LogP) is 3.33. The molecule has 0 aliphatic carbocycles. The highest BCUT2D eigenvalue weighted by molar-refractivity contribution is 7.89. The number of hydrogen-bond donors (Lipinski definition) is 1. The smallest absolute Gasteiger partial charge is 0.489 e. The molecule has 2 aromatic rings. The zero-order valence-corrected chi connectivity index (χ0v) is 14.0. The number of sulfonamides is 1. The molecule has 25 heavy (non-hydrogen) atoms. The van der Waals surface area contributed by atoms with E-state index in [2.05, 4.69) is 9.46 Å². The predicted molar refractivity (Wildman–Crippen MR) is 84.8 cm³/mol. The first-order valence-corrected chi connectivity index (χ1v) is 8.71. The van der Waals surface area contributed by atoms with Crippen LogP contribution < -0.4 is 14.2 Å². The minimum atomic E-state index is -4.89. The van der Waals surface area contributed by atoms with Crippen LogP contribution in [-0.4, -0.2) is 27.4 Å². The summed E-state index contributed by atoms with van der Waals surface area (Å²) < 4.78 is 72.6. The molecule has 0 amide bonds. The average Bonchev–Trinajstić information content (AvgIpc) is 2.53. The summed E-state index contributed by atoms with van der Waals surface area (Å²) in [6.45, 7) is 1.61. The Balaban J connectivity index is 2.00. The summed E-state index contributed by atoms with van der Waals surface area (Å²) in [5, 5.41) is 0. The highest BCUT2D eigenvalue weighted by atomic mass is 32.2. The van der Waals surface area contributed by atoms with Crippen LogP contribution in [0.4, 0.5) is 13.2 Å². The Morgan fingerprint density at radius 3 is 2.32 bits per heavy atom. The van der Waals surface area contributed by atoms with Gasteiger partial charge in [0.05, 0.1) is 4.90 Å². The molecule has 0 spiro atoms. The van der Waals surface area contributed by atoms with Crippen molar-refractivity contribution in [3.63, 3.8) is 0 Å². The molecule has 0 saturated carbocycles. The van der Waals surface area contributed by atoms with Crippen LogP contribution in [0.15, 0.2) is 59.5 Å². The van der Waals surface area contributed by atoms with Crippen LogP contribution in [0.5, 0.6) is 11.5 Å². The van der Waals surface area contributed by atoms with Crippen molar-refractivity contribution in [3.8, 4) is 11.5 Å². The van der Waals surface area contributed by atoms with Gasteiger partial charge in [-0.15, -0.1) is 13.2 Å². The summed E-state index contributed by atoms with van der Waals surface area (Å²) in [5.41, 5.74) is 0. The van der Waals surface area contributed by atoms with Gasteiger partial charge in [-0.1, -0.05) is 24.3 Å². The molecule has 2 aromatic carbocycles. The molecule has 1 unspecified atom stereocenters. The van der Waals surface area contributed by atoms with E-state index in [9.17, 15) is 21.6 Å². The van der Waals surface area contributed by atoms with Crippen LogP contribution in [0.1, 0.15) is 6.92 Å². The molecule has 0 bridgehead atoms. The largest absolute Gasteiger partial charge is 0.573 e. The lowest BCUT2D eigenvalue weighted by Crippen LogP contribution is -2.33. The highest BCUT2D eigenvalue weighted by Crippen LogP contribution is 2.24. The number of halogens is 3. The van der Waals surface area contributed by atoms with E-state index in [-0.39, 0.29) is 11.4 Å². The van der Waals surface area contributed by atoms with Crippen molar-refractivity contribution in [2.24, 2.45) is 0 Å². The molecule has 136 valence electrons. The normalized spacial score (nSPS) is 13.3. The van der Waals surface area contributed by atoms with Crippen LogP contribution in [0.2, 0.25) is 0 Å². The monoisotopic (exact) mass is 375 g/mol. The molecule has 0 fully saturated rings. The summed E-state index contributed by atoms with van der Waals surface area (Å²) in [6, 6.07) is 13.0.